The fraction of sp³-hybridized carbons (Fsp3) is 0.0909. The van der Waals surface area contributed by atoms with Crippen LogP contribution >= 0.6 is 11.6 Å². The first-order valence-electron chi connectivity index (χ1n) is 4.76. The zero-order valence-electron chi connectivity index (χ0n) is 8.40. The van der Waals surface area contributed by atoms with E-state index < -0.39 is 0 Å². The van der Waals surface area contributed by atoms with Gasteiger partial charge >= 0.3 is 0 Å². The molecule has 4 nitrogen and oxygen atoms in total. The summed E-state index contributed by atoms with van der Waals surface area (Å²) < 4.78 is 0. The van der Waals surface area contributed by atoms with Crippen molar-refractivity contribution in [1.82, 2.24) is 9.97 Å². The molecule has 1 aromatic carbocycles. The average Bonchev–Trinajstić information content (AvgIpc) is 2.83. The molecule has 0 fully saturated rings. The Morgan fingerprint density at radius 3 is 2.94 bits per heavy atom. The number of amides is 1. The highest BCUT2D eigenvalue weighted by Crippen LogP contribution is 2.24. The lowest BCUT2D eigenvalue weighted by atomic mass is 10.1. The van der Waals surface area contributed by atoms with Crippen LogP contribution in [0.15, 0.2) is 36.7 Å². The Kier molecular flexibility index (Phi) is 3.22. The molecule has 0 aliphatic carbocycles. The van der Waals surface area contributed by atoms with Gasteiger partial charge in [-0.05, 0) is 12.1 Å². The third-order valence-corrected chi connectivity index (χ3v) is 2.32. The van der Waals surface area contributed by atoms with Crippen LogP contribution < -0.4 is 5.32 Å². The summed E-state index contributed by atoms with van der Waals surface area (Å²) in [4.78, 5) is 18.4. The van der Waals surface area contributed by atoms with Gasteiger partial charge in [0.1, 0.15) is 11.7 Å². The quantitative estimate of drug-likeness (QED) is 0.802. The second-order valence-electron chi connectivity index (χ2n) is 3.17. The fourth-order valence-corrected chi connectivity index (χ4v) is 1.46. The number of para-hydroxylation sites is 1. The molecule has 1 heterocycles. The summed E-state index contributed by atoms with van der Waals surface area (Å²) in [6, 6.07) is 7.41. The second-order valence-corrected chi connectivity index (χ2v) is 3.43. The normalized spacial score (nSPS) is 10.1. The number of nitrogens with zero attached hydrogens (tertiary/aromatic N) is 1. The van der Waals surface area contributed by atoms with Crippen molar-refractivity contribution in [3.05, 3.63) is 36.7 Å². The molecule has 16 heavy (non-hydrogen) atoms. The average molecular weight is 236 g/mol. The predicted molar refractivity (Wildman–Crippen MR) is 63.4 cm³/mol. The summed E-state index contributed by atoms with van der Waals surface area (Å²) in [6.45, 7) is 0. The van der Waals surface area contributed by atoms with E-state index in [2.05, 4.69) is 15.3 Å². The molecule has 82 valence electrons. The summed E-state index contributed by atoms with van der Waals surface area (Å²) in [5.41, 5.74) is 1.54. The van der Waals surface area contributed by atoms with Gasteiger partial charge in [-0.1, -0.05) is 12.1 Å². The van der Waals surface area contributed by atoms with Gasteiger partial charge in [-0.25, -0.2) is 4.98 Å². The highest BCUT2D eigenvalue weighted by atomic mass is 35.5. The maximum atomic E-state index is 11.2. The number of rotatable bonds is 3. The van der Waals surface area contributed by atoms with E-state index in [0.717, 1.165) is 5.56 Å². The fourth-order valence-electron chi connectivity index (χ4n) is 1.39. The van der Waals surface area contributed by atoms with Crippen molar-refractivity contribution >= 4 is 23.2 Å². The first kappa shape index (κ1) is 10.7. The zero-order valence-corrected chi connectivity index (χ0v) is 9.16. The van der Waals surface area contributed by atoms with Crippen LogP contribution in [0.4, 0.5) is 5.69 Å². The Hall–Kier alpha value is -1.81. The predicted octanol–water partition coefficient (Wildman–Crippen LogP) is 2.25. The number of benzene rings is 1. The van der Waals surface area contributed by atoms with E-state index in [1.54, 1.807) is 12.4 Å². The molecule has 1 aromatic heterocycles. The van der Waals surface area contributed by atoms with Gasteiger partial charge in [-0.2, -0.15) is 0 Å². The van der Waals surface area contributed by atoms with Crippen molar-refractivity contribution in [1.29, 1.82) is 0 Å². The SMILES string of the molecule is O=C(CCl)Nc1ccccc1-c1ncc[nH]1. The van der Waals surface area contributed by atoms with Crippen LogP contribution in [0.5, 0.6) is 0 Å². The van der Waals surface area contributed by atoms with Crippen LogP contribution in [0.1, 0.15) is 0 Å². The van der Waals surface area contributed by atoms with E-state index in [1.807, 2.05) is 24.3 Å². The number of nitrogens with one attached hydrogen (secondary N) is 2. The Morgan fingerprint density at radius 1 is 1.44 bits per heavy atom. The van der Waals surface area contributed by atoms with Crippen molar-refractivity contribution < 1.29 is 4.79 Å². The van der Waals surface area contributed by atoms with Crippen molar-refractivity contribution in [3.8, 4) is 11.4 Å². The number of halogens is 1. The van der Waals surface area contributed by atoms with Gasteiger partial charge in [0.05, 0.1) is 5.69 Å². The van der Waals surface area contributed by atoms with E-state index in [1.165, 1.54) is 0 Å². The molecule has 2 N–H and O–H groups in total. The second kappa shape index (κ2) is 4.81. The van der Waals surface area contributed by atoms with Crippen molar-refractivity contribution in [2.24, 2.45) is 0 Å². The van der Waals surface area contributed by atoms with Gasteiger partial charge in [-0.3, -0.25) is 4.79 Å². The number of hydrogen-bond donors (Lipinski definition) is 2. The van der Waals surface area contributed by atoms with Crippen molar-refractivity contribution in [2.75, 3.05) is 11.2 Å². The highest BCUT2D eigenvalue weighted by molar-refractivity contribution is 6.29. The number of carbonyl (C=O) groups excluding carboxylic acids is 1. The summed E-state index contributed by atoms with van der Waals surface area (Å²) in [6.07, 6.45) is 3.39. The lowest BCUT2D eigenvalue weighted by Gasteiger charge is -2.07. The Labute approximate surface area is 97.7 Å². The lowest BCUT2D eigenvalue weighted by molar-refractivity contribution is -0.113. The Balaban J connectivity index is 2.35. The molecule has 0 atom stereocenters. The molecular weight excluding hydrogens is 226 g/mol. The molecule has 2 aromatic rings. The molecular formula is C11H10ClN3O. The molecule has 0 saturated heterocycles. The molecule has 0 radical (unpaired) electrons. The molecule has 0 saturated carbocycles. The number of aromatic amines is 1. The summed E-state index contributed by atoms with van der Waals surface area (Å²) >= 11 is 5.44. The first-order valence-corrected chi connectivity index (χ1v) is 5.29. The largest absolute Gasteiger partial charge is 0.345 e. The van der Waals surface area contributed by atoms with E-state index in [0.29, 0.717) is 11.5 Å². The highest BCUT2D eigenvalue weighted by Gasteiger charge is 2.08. The maximum absolute atomic E-state index is 11.2. The Morgan fingerprint density at radius 2 is 2.25 bits per heavy atom. The van der Waals surface area contributed by atoms with Crippen LogP contribution in [0, 0.1) is 0 Å². The summed E-state index contributed by atoms with van der Waals surface area (Å²) in [5.74, 6) is 0.415. The van der Waals surface area contributed by atoms with Gasteiger partial charge in [0.25, 0.3) is 0 Å². The van der Waals surface area contributed by atoms with Crippen LogP contribution in [0.2, 0.25) is 0 Å². The third kappa shape index (κ3) is 2.23. The number of carbonyl (C=O) groups is 1. The number of H-pyrrole nitrogens is 1. The Bertz CT molecular complexity index is 482. The van der Waals surface area contributed by atoms with Crippen LogP contribution in [0.3, 0.4) is 0 Å². The molecule has 0 bridgehead atoms. The molecule has 2 rings (SSSR count). The minimum atomic E-state index is -0.235. The minimum Gasteiger partial charge on any atom is -0.345 e. The minimum absolute atomic E-state index is 0.0630. The zero-order chi connectivity index (χ0) is 11.4. The molecule has 0 aliphatic heterocycles. The van der Waals surface area contributed by atoms with E-state index in [4.69, 9.17) is 11.6 Å². The maximum Gasteiger partial charge on any atom is 0.239 e. The first-order chi connectivity index (χ1) is 7.81. The topological polar surface area (TPSA) is 57.8 Å². The summed E-state index contributed by atoms with van der Waals surface area (Å²) in [5, 5.41) is 2.72. The molecule has 0 spiro atoms. The van der Waals surface area contributed by atoms with Crippen LogP contribution in [-0.4, -0.2) is 21.8 Å². The summed E-state index contributed by atoms with van der Waals surface area (Å²) in [7, 11) is 0. The standard InChI is InChI=1S/C11H10ClN3O/c12-7-10(16)15-9-4-2-1-3-8(9)11-13-5-6-14-11/h1-6H,7H2,(H,13,14)(H,15,16). The number of anilines is 1. The van der Waals surface area contributed by atoms with Gasteiger partial charge in [0.2, 0.25) is 5.91 Å². The number of hydrogen-bond acceptors (Lipinski definition) is 2. The van der Waals surface area contributed by atoms with E-state index in [9.17, 15) is 4.79 Å². The third-order valence-electron chi connectivity index (χ3n) is 2.08. The van der Waals surface area contributed by atoms with Gasteiger partial charge in [0.15, 0.2) is 0 Å². The van der Waals surface area contributed by atoms with Gasteiger partial charge in [-0.15, -0.1) is 11.6 Å². The van der Waals surface area contributed by atoms with Crippen LogP contribution in [-0.2, 0) is 4.79 Å². The molecule has 5 heteroatoms. The number of aromatic nitrogens is 2. The van der Waals surface area contributed by atoms with Gasteiger partial charge < -0.3 is 10.3 Å². The van der Waals surface area contributed by atoms with Crippen molar-refractivity contribution in [3.63, 3.8) is 0 Å². The van der Waals surface area contributed by atoms with Gasteiger partial charge in [0, 0.05) is 18.0 Å². The molecule has 1 amide bonds. The van der Waals surface area contributed by atoms with Crippen LogP contribution in [0.25, 0.3) is 11.4 Å². The smallest absolute Gasteiger partial charge is 0.239 e. The molecule has 0 aliphatic rings. The van der Waals surface area contributed by atoms with E-state index >= 15 is 0 Å². The monoisotopic (exact) mass is 235 g/mol. The lowest BCUT2D eigenvalue weighted by Crippen LogP contribution is -2.13. The molecule has 0 unspecified atom stereocenters. The van der Waals surface area contributed by atoms with Crippen molar-refractivity contribution in [2.45, 2.75) is 0 Å². The van der Waals surface area contributed by atoms with E-state index in [-0.39, 0.29) is 11.8 Å². The number of alkyl halides is 1. The number of imidazole rings is 1.